The van der Waals surface area contributed by atoms with Crippen molar-refractivity contribution in [1.29, 1.82) is 0 Å². The summed E-state index contributed by atoms with van der Waals surface area (Å²) in [5.41, 5.74) is 1.49. The van der Waals surface area contributed by atoms with Gasteiger partial charge in [0.25, 0.3) is 5.69 Å². The Morgan fingerprint density at radius 1 is 1.30 bits per heavy atom. The Bertz CT molecular complexity index is 569. The normalized spacial score (nSPS) is 10.2. The Morgan fingerprint density at radius 2 is 2.05 bits per heavy atom. The number of nitrogens with one attached hydrogen (secondary N) is 2. The molecule has 0 saturated heterocycles. The first kappa shape index (κ1) is 13.8. The second kappa shape index (κ2) is 6.50. The summed E-state index contributed by atoms with van der Waals surface area (Å²) in [6.45, 7) is 3.89. The molecule has 20 heavy (non-hydrogen) atoms. The molecule has 0 spiro atoms. The zero-order chi connectivity index (χ0) is 14.4. The Labute approximate surface area is 115 Å². The second-order valence-electron chi connectivity index (χ2n) is 4.15. The highest BCUT2D eigenvalue weighted by Crippen LogP contribution is 2.24. The fourth-order valence-electron chi connectivity index (χ4n) is 1.79. The molecule has 0 unspecified atom stereocenters. The molecule has 2 aromatic rings. The lowest BCUT2D eigenvalue weighted by atomic mass is 10.2. The van der Waals surface area contributed by atoms with E-state index in [2.05, 4.69) is 20.9 Å². The molecule has 106 valence electrons. The Hall–Kier alpha value is -2.64. The highest BCUT2D eigenvalue weighted by atomic mass is 16.6. The maximum atomic E-state index is 10.9. The van der Waals surface area contributed by atoms with Crippen molar-refractivity contribution in [3.63, 3.8) is 0 Å². The largest absolute Gasteiger partial charge is 0.385 e. The number of hydrogen-bond acceptors (Lipinski definition) is 6. The zero-order valence-corrected chi connectivity index (χ0v) is 11.1. The summed E-state index contributed by atoms with van der Waals surface area (Å²) in [7, 11) is 0. The van der Waals surface area contributed by atoms with Crippen LogP contribution >= 0.6 is 0 Å². The molecule has 0 aliphatic carbocycles. The van der Waals surface area contributed by atoms with Crippen molar-refractivity contribution in [2.75, 3.05) is 23.7 Å². The van der Waals surface area contributed by atoms with Crippen molar-refractivity contribution in [2.45, 2.75) is 13.5 Å². The van der Waals surface area contributed by atoms with Gasteiger partial charge in [0.15, 0.2) is 0 Å². The molecule has 0 fully saturated rings. The summed E-state index contributed by atoms with van der Waals surface area (Å²) in [4.78, 5) is 10.5. The molecule has 2 rings (SSSR count). The third-order valence-corrected chi connectivity index (χ3v) is 2.65. The molecule has 8 nitrogen and oxygen atoms in total. The van der Waals surface area contributed by atoms with E-state index < -0.39 is 4.92 Å². The number of nitrogens with zero attached hydrogens (tertiary/aromatic N) is 4. The molecule has 1 aromatic carbocycles. The van der Waals surface area contributed by atoms with Gasteiger partial charge in [-0.1, -0.05) is 5.21 Å². The van der Waals surface area contributed by atoms with E-state index in [1.165, 1.54) is 12.1 Å². The van der Waals surface area contributed by atoms with Crippen LogP contribution in [0.2, 0.25) is 0 Å². The van der Waals surface area contributed by atoms with E-state index in [-0.39, 0.29) is 5.69 Å². The first-order valence-electron chi connectivity index (χ1n) is 6.30. The number of anilines is 2. The molecule has 0 saturated carbocycles. The average molecular weight is 276 g/mol. The van der Waals surface area contributed by atoms with Crippen molar-refractivity contribution >= 4 is 17.1 Å². The highest BCUT2D eigenvalue weighted by Gasteiger charge is 2.09. The van der Waals surface area contributed by atoms with Crippen LogP contribution in [0.15, 0.2) is 30.6 Å². The maximum Gasteiger partial charge on any atom is 0.273 e. The minimum absolute atomic E-state index is 0.0618. The predicted octanol–water partition coefficient (Wildman–Crippen LogP) is 1.73. The van der Waals surface area contributed by atoms with E-state index in [1.807, 2.05) is 13.0 Å². The fourth-order valence-corrected chi connectivity index (χ4v) is 1.79. The van der Waals surface area contributed by atoms with Gasteiger partial charge in [-0.15, -0.1) is 5.10 Å². The third-order valence-electron chi connectivity index (χ3n) is 2.65. The molecule has 8 heteroatoms. The van der Waals surface area contributed by atoms with E-state index in [9.17, 15) is 10.1 Å². The first-order valence-corrected chi connectivity index (χ1v) is 6.30. The predicted molar refractivity (Wildman–Crippen MR) is 75.8 cm³/mol. The standard InChI is InChI=1S/C12H16N6O2/c1-2-13-10-7-11(9-12(8-10)18(19)20)14-3-5-17-6-4-15-16-17/h4,6-9,13-14H,2-3,5H2,1H3. The van der Waals surface area contributed by atoms with Crippen LogP contribution in [0.25, 0.3) is 0 Å². The molecule has 0 radical (unpaired) electrons. The molecule has 0 amide bonds. The van der Waals surface area contributed by atoms with Crippen molar-refractivity contribution in [3.8, 4) is 0 Å². The minimum atomic E-state index is -0.399. The Morgan fingerprint density at radius 3 is 2.65 bits per heavy atom. The van der Waals surface area contributed by atoms with Crippen LogP contribution in [-0.2, 0) is 6.54 Å². The topological polar surface area (TPSA) is 97.9 Å². The molecule has 1 aromatic heterocycles. The average Bonchev–Trinajstić information content (AvgIpc) is 2.92. The Kier molecular flexibility index (Phi) is 4.48. The SMILES string of the molecule is CCNc1cc(NCCn2ccnn2)cc([N+](=O)[O-])c1. The lowest BCUT2D eigenvalue weighted by Crippen LogP contribution is -2.11. The summed E-state index contributed by atoms with van der Waals surface area (Å²) < 4.78 is 1.69. The lowest BCUT2D eigenvalue weighted by molar-refractivity contribution is -0.384. The summed E-state index contributed by atoms with van der Waals surface area (Å²) in [6, 6.07) is 4.88. The number of hydrogen-bond donors (Lipinski definition) is 2. The smallest absolute Gasteiger partial charge is 0.273 e. The van der Waals surface area contributed by atoms with Crippen LogP contribution in [-0.4, -0.2) is 33.0 Å². The first-order chi connectivity index (χ1) is 9.69. The number of non-ortho nitro benzene ring substituents is 1. The molecule has 2 N–H and O–H groups in total. The van der Waals surface area contributed by atoms with Gasteiger partial charge in [0.1, 0.15) is 0 Å². The quantitative estimate of drug-likeness (QED) is 0.590. The van der Waals surface area contributed by atoms with Crippen molar-refractivity contribution < 1.29 is 4.92 Å². The van der Waals surface area contributed by atoms with Gasteiger partial charge in [0.2, 0.25) is 0 Å². The molecule has 0 aliphatic rings. The number of benzene rings is 1. The van der Waals surface area contributed by atoms with Crippen LogP contribution in [0.1, 0.15) is 6.92 Å². The number of aromatic nitrogens is 3. The van der Waals surface area contributed by atoms with Gasteiger partial charge in [0, 0.05) is 42.8 Å². The van der Waals surface area contributed by atoms with Gasteiger partial charge in [-0.3, -0.25) is 14.8 Å². The lowest BCUT2D eigenvalue weighted by Gasteiger charge is -2.09. The van der Waals surface area contributed by atoms with Gasteiger partial charge >= 0.3 is 0 Å². The summed E-state index contributed by atoms with van der Waals surface area (Å²) in [5, 5.41) is 24.7. The van der Waals surface area contributed by atoms with E-state index in [0.717, 1.165) is 5.69 Å². The summed E-state index contributed by atoms with van der Waals surface area (Å²) in [6.07, 6.45) is 3.37. The van der Waals surface area contributed by atoms with E-state index in [0.29, 0.717) is 25.3 Å². The second-order valence-corrected chi connectivity index (χ2v) is 4.15. The summed E-state index contributed by atoms with van der Waals surface area (Å²) >= 11 is 0. The number of nitro groups is 1. The molecular formula is C12H16N6O2. The molecule has 0 atom stereocenters. The van der Waals surface area contributed by atoms with E-state index >= 15 is 0 Å². The van der Waals surface area contributed by atoms with Gasteiger partial charge < -0.3 is 10.6 Å². The number of rotatable bonds is 7. The maximum absolute atomic E-state index is 10.9. The van der Waals surface area contributed by atoms with Crippen LogP contribution in [0.3, 0.4) is 0 Å². The van der Waals surface area contributed by atoms with Crippen LogP contribution in [0, 0.1) is 10.1 Å². The minimum Gasteiger partial charge on any atom is -0.385 e. The van der Waals surface area contributed by atoms with Crippen LogP contribution in [0.5, 0.6) is 0 Å². The van der Waals surface area contributed by atoms with E-state index in [1.54, 1.807) is 17.1 Å². The third kappa shape index (κ3) is 3.67. The van der Waals surface area contributed by atoms with Crippen molar-refractivity contribution in [1.82, 2.24) is 15.0 Å². The molecule has 1 heterocycles. The van der Waals surface area contributed by atoms with Gasteiger partial charge in [-0.25, -0.2) is 0 Å². The molecule has 0 bridgehead atoms. The van der Waals surface area contributed by atoms with Crippen LogP contribution in [0.4, 0.5) is 17.1 Å². The van der Waals surface area contributed by atoms with Gasteiger partial charge in [-0.2, -0.15) is 0 Å². The van der Waals surface area contributed by atoms with Crippen molar-refractivity contribution in [2.24, 2.45) is 0 Å². The van der Waals surface area contributed by atoms with Gasteiger partial charge in [0.05, 0.1) is 17.7 Å². The highest BCUT2D eigenvalue weighted by molar-refractivity contribution is 5.63. The zero-order valence-electron chi connectivity index (χ0n) is 11.1. The summed E-state index contributed by atoms with van der Waals surface area (Å²) in [5.74, 6) is 0. The van der Waals surface area contributed by atoms with Crippen LogP contribution < -0.4 is 10.6 Å². The van der Waals surface area contributed by atoms with Gasteiger partial charge in [-0.05, 0) is 13.0 Å². The van der Waals surface area contributed by atoms with E-state index in [4.69, 9.17) is 0 Å². The fraction of sp³-hybridized carbons (Fsp3) is 0.333. The molecular weight excluding hydrogens is 260 g/mol. The number of nitro benzene ring substituents is 1. The Balaban J connectivity index is 2.03. The molecule has 0 aliphatic heterocycles. The monoisotopic (exact) mass is 276 g/mol. The van der Waals surface area contributed by atoms with Crippen molar-refractivity contribution in [3.05, 3.63) is 40.7 Å².